The fourth-order valence-corrected chi connectivity index (χ4v) is 2.22. The Kier molecular flexibility index (Phi) is 5.88. The van der Waals surface area contributed by atoms with Gasteiger partial charge in [-0.3, -0.25) is 4.79 Å². The van der Waals surface area contributed by atoms with E-state index in [9.17, 15) is 4.79 Å². The van der Waals surface area contributed by atoms with Gasteiger partial charge in [-0.15, -0.1) is 0 Å². The number of likely N-dealkylation sites (tertiary alicyclic amines) is 1. The SMILES string of the molecule is CCOC(=O)C(N)CN(C)C1CCN(C)CC1. The molecule has 2 N–H and O–H groups in total. The van der Waals surface area contributed by atoms with Crippen LogP contribution in [-0.2, 0) is 9.53 Å². The molecule has 0 saturated carbocycles. The van der Waals surface area contributed by atoms with Crippen molar-refractivity contribution in [1.29, 1.82) is 0 Å². The third-order valence-corrected chi connectivity index (χ3v) is 3.39. The summed E-state index contributed by atoms with van der Waals surface area (Å²) in [4.78, 5) is 15.9. The van der Waals surface area contributed by atoms with Crippen molar-refractivity contribution in [3.05, 3.63) is 0 Å². The highest BCUT2D eigenvalue weighted by Crippen LogP contribution is 2.14. The predicted molar refractivity (Wildman–Crippen MR) is 67.8 cm³/mol. The van der Waals surface area contributed by atoms with Crippen molar-refractivity contribution in [1.82, 2.24) is 9.80 Å². The van der Waals surface area contributed by atoms with Crippen molar-refractivity contribution in [3.8, 4) is 0 Å². The highest BCUT2D eigenvalue weighted by atomic mass is 16.5. The lowest BCUT2D eigenvalue weighted by molar-refractivity contribution is -0.145. The number of esters is 1. The summed E-state index contributed by atoms with van der Waals surface area (Å²) in [5, 5.41) is 0. The molecule has 1 unspecified atom stereocenters. The van der Waals surface area contributed by atoms with Gasteiger partial charge >= 0.3 is 5.97 Å². The predicted octanol–water partition coefficient (Wildman–Crippen LogP) is -0.0972. The van der Waals surface area contributed by atoms with Crippen LogP contribution in [0.4, 0.5) is 0 Å². The third-order valence-electron chi connectivity index (χ3n) is 3.39. The van der Waals surface area contributed by atoms with Crippen LogP contribution in [0.2, 0.25) is 0 Å². The summed E-state index contributed by atoms with van der Waals surface area (Å²) in [6.07, 6.45) is 2.28. The van der Waals surface area contributed by atoms with E-state index < -0.39 is 6.04 Å². The molecule has 5 nitrogen and oxygen atoms in total. The maximum atomic E-state index is 11.4. The topological polar surface area (TPSA) is 58.8 Å². The minimum atomic E-state index is -0.528. The quantitative estimate of drug-likeness (QED) is 0.684. The van der Waals surface area contributed by atoms with Crippen LogP contribution in [-0.4, -0.2) is 68.2 Å². The van der Waals surface area contributed by atoms with Crippen LogP contribution in [0.3, 0.4) is 0 Å². The monoisotopic (exact) mass is 243 g/mol. The minimum Gasteiger partial charge on any atom is -0.465 e. The molecular weight excluding hydrogens is 218 g/mol. The molecule has 1 saturated heterocycles. The number of ether oxygens (including phenoxy) is 1. The van der Waals surface area contributed by atoms with E-state index in [2.05, 4.69) is 16.8 Å². The fraction of sp³-hybridized carbons (Fsp3) is 0.917. The van der Waals surface area contributed by atoms with Crippen LogP contribution >= 0.6 is 0 Å². The van der Waals surface area contributed by atoms with Crippen LogP contribution in [0, 0.1) is 0 Å². The Morgan fingerprint density at radius 1 is 1.53 bits per heavy atom. The Morgan fingerprint density at radius 3 is 2.65 bits per heavy atom. The summed E-state index contributed by atoms with van der Waals surface area (Å²) in [5.41, 5.74) is 5.81. The van der Waals surface area contributed by atoms with Gasteiger partial charge in [0, 0.05) is 12.6 Å². The van der Waals surface area contributed by atoms with Crippen LogP contribution in [0.1, 0.15) is 19.8 Å². The Labute approximate surface area is 104 Å². The molecule has 1 aliphatic heterocycles. The van der Waals surface area contributed by atoms with E-state index in [1.54, 1.807) is 6.92 Å². The maximum Gasteiger partial charge on any atom is 0.324 e. The summed E-state index contributed by atoms with van der Waals surface area (Å²) >= 11 is 0. The third kappa shape index (κ3) is 4.61. The second-order valence-electron chi connectivity index (χ2n) is 4.83. The normalized spacial score (nSPS) is 20.5. The molecule has 0 radical (unpaired) electrons. The molecule has 1 heterocycles. The number of hydrogen-bond acceptors (Lipinski definition) is 5. The molecule has 1 rings (SSSR count). The molecule has 100 valence electrons. The fourth-order valence-electron chi connectivity index (χ4n) is 2.22. The number of rotatable bonds is 5. The van der Waals surface area contributed by atoms with Gasteiger partial charge in [0.05, 0.1) is 6.61 Å². The largest absolute Gasteiger partial charge is 0.465 e. The zero-order chi connectivity index (χ0) is 12.8. The molecule has 0 amide bonds. The molecule has 1 atom stereocenters. The Balaban J connectivity index is 2.32. The Bertz CT molecular complexity index is 240. The zero-order valence-electron chi connectivity index (χ0n) is 11.2. The van der Waals surface area contributed by atoms with Crippen LogP contribution < -0.4 is 5.73 Å². The van der Waals surface area contributed by atoms with Gasteiger partial charge in [0.25, 0.3) is 0 Å². The molecule has 5 heteroatoms. The summed E-state index contributed by atoms with van der Waals surface area (Å²) in [6, 6.07) is 0.00582. The first-order chi connectivity index (χ1) is 8.04. The van der Waals surface area contributed by atoms with E-state index in [1.807, 2.05) is 7.05 Å². The maximum absolute atomic E-state index is 11.4. The lowest BCUT2D eigenvalue weighted by Crippen LogP contribution is -2.48. The van der Waals surface area contributed by atoms with E-state index in [-0.39, 0.29) is 5.97 Å². The summed E-state index contributed by atoms with van der Waals surface area (Å²) < 4.78 is 4.91. The molecule has 0 aromatic carbocycles. The van der Waals surface area contributed by atoms with Gasteiger partial charge in [-0.25, -0.2) is 0 Å². The molecule has 0 bridgehead atoms. The van der Waals surface area contributed by atoms with Crippen LogP contribution in [0.5, 0.6) is 0 Å². The van der Waals surface area contributed by atoms with E-state index in [0.717, 1.165) is 25.9 Å². The molecule has 0 aliphatic carbocycles. The number of likely N-dealkylation sites (N-methyl/N-ethyl adjacent to an activating group) is 1. The van der Waals surface area contributed by atoms with E-state index in [4.69, 9.17) is 10.5 Å². The second-order valence-corrected chi connectivity index (χ2v) is 4.83. The number of carbonyl (C=O) groups is 1. The van der Waals surface area contributed by atoms with Gasteiger partial charge in [-0.2, -0.15) is 0 Å². The lowest BCUT2D eigenvalue weighted by Gasteiger charge is -2.35. The van der Waals surface area contributed by atoms with Gasteiger partial charge in [-0.1, -0.05) is 0 Å². The van der Waals surface area contributed by atoms with E-state index >= 15 is 0 Å². The molecular formula is C12H25N3O2. The Hall–Kier alpha value is -0.650. The minimum absolute atomic E-state index is 0.299. The smallest absolute Gasteiger partial charge is 0.324 e. The van der Waals surface area contributed by atoms with Gasteiger partial charge in [0.1, 0.15) is 6.04 Å². The Morgan fingerprint density at radius 2 is 2.12 bits per heavy atom. The van der Waals surface area contributed by atoms with Gasteiger partial charge in [0.2, 0.25) is 0 Å². The van der Waals surface area contributed by atoms with Crippen molar-refractivity contribution in [2.45, 2.75) is 31.8 Å². The number of piperidine rings is 1. The average molecular weight is 243 g/mol. The summed E-state index contributed by atoms with van der Waals surface area (Å²) in [7, 11) is 4.18. The molecule has 1 aliphatic rings. The first-order valence-corrected chi connectivity index (χ1v) is 6.35. The van der Waals surface area contributed by atoms with Crippen LogP contribution in [0.15, 0.2) is 0 Å². The molecule has 0 aromatic heterocycles. The van der Waals surface area contributed by atoms with Crippen molar-refractivity contribution >= 4 is 5.97 Å². The zero-order valence-corrected chi connectivity index (χ0v) is 11.2. The standard InChI is InChI=1S/C12H25N3O2/c1-4-17-12(16)11(13)9-15(3)10-5-7-14(2)8-6-10/h10-11H,4-9,13H2,1-3H3. The number of carbonyl (C=O) groups excluding carboxylic acids is 1. The van der Waals surface area contributed by atoms with Crippen molar-refractivity contribution in [2.75, 3.05) is 40.3 Å². The second kappa shape index (κ2) is 6.93. The number of nitrogens with zero attached hydrogens (tertiary/aromatic N) is 2. The summed E-state index contributed by atoms with van der Waals surface area (Å²) in [6.45, 7) is 5.00. The number of hydrogen-bond donors (Lipinski definition) is 1. The van der Waals surface area contributed by atoms with Crippen LogP contribution in [0.25, 0.3) is 0 Å². The molecule has 17 heavy (non-hydrogen) atoms. The van der Waals surface area contributed by atoms with Crippen molar-refractivity contribution < 1.29 is 9.53 Å². The number of nitrogens with two attached hydrogens (primary N) is 1. The highest BCUT2D eigenvalue weighted by molar-refractivity contribution is 5.75. The van der Waals surface area contributed by atoms with Crippen molar-refractivity contribution in [2.24, 2.45) is 5.73 Å². The van der Waals surface area contributed by atoms with Crippen molar-refractivity contribution in [3.63, 3.8) is 0 Å². The first-order valence-electron chi connectivity index (χ1n) is 6.35. The summed E-state index contributed by atoms with van der Waals surface area (Å²) in [5.74, 6) is -0.299. The van der Waals surface area contributed by atoms with E-state index in [1.165, 1.54) is 0 Å². The highest BCUT2D eigenvalue weighted by Gasteiger charge is 2.24. The molecule has 0 spiro atoms. The van der Waals surface area contributed by atoms with Gasteiger partial charge in [-0.05, 0) is 47.0 Å². The molecule has 0 aromatic rings. The van der Waals surface area contributed by atoms with E-state index in [0.29, 0.717) is 19.2 Å². The molecule has 1 fully saturated rings. The lowest BCUT2D eigenvalue weighted by atomic mass is 10.0. The average Bonchev–Trinajstić information content (AvgIpc) is 2.30. The van der Waals surface area contributed by atoms with Gasteiger partial charge in [0.15, 0.2) is 0 Å². The van der Waals surface area contributed by atoms with Gasteiger partial charge < -0.3 is 20.3 Å². The first kappa shape index (κ1) is 14.4.